The van der Waals surface area contributed by atoms with Gasteiger partial charge in [0, 0.05) is 37.2 Å². The number of aliphatic hydroxyl groups excluding tert-OH is 1. The number of nitrogens with one attached hydrogen (secondary N) is 1. The zero-order chi connectivity index (χ0) is 21.2. The lowest BCUT2D eigenvalue weighted by molar-refractivity contribution is 0.292. The van der Waals surface area contributed by atoms with Gasteiger partial charge in [0.2, 0.25) is 0 Å². The quantitative estimate of drug-likeness (QED) is 0.568. The molecule has 0 unspecified atom stereocenters. The van der Waals surface area contributed by atoms with Gasteiger partial charge in [0.25, 0.3) is 0 Å². The van der Waals surface area contributed by atoms with Gasteiger partial charge in [-0.25, -0.2) is 18.4 Å². The summed E-state index contributed by atoms with van der Waals surface area (Å²) in [7, 11) is -2.18. The molecule has 0 fully saturated rings. The van der Waals surface area contributed by atoms with Crippen LogP contribution in [0.1, 0.15) is 27.2 Å². The number of pyridine rings is 2. The second-order valence-corrected chi connectivity index (χ2v) is 10.3. The van der Waals surface area contributed by atoms with Crippen molar-refractivity contribution in [3.63, 3.8) is 0 Å². The van der Waals surface area contributed by atoms with E-state index in [9.17, 15) is 8.42 Å². The van der Waals surface area contributed by atoms with E-state index >= 15 is 0 Å². The first kappa shape index (κ1) is 21.1. The first-order valence-corrected chi connectivity index (χ1v) is 10.8. The molecule has 0 radical (unpaired) electrons. The van der Waals surface area contributed by atoms with Crippen LogP contribution in [0, 0.1) is 0 Å². The van der Waals surface area contributed by atoms with Crippen LogP contribution in [0.5, 0.6) is 5.75 Å². The lowest BCUT2D eigenvalue weighted by Gasteiger charge is -2.21. The average molecular weight is 419 g/mol. The summed E-state index contributed by atoms with van der Waals surface area (Å²) in [5.74, 6) is 0.938. The number of aromatic nitrogens is 3. The molecule has 3 rings (SSSR count). The van der Waals surface area contributed by atoms with E-state index in [1.807, 2.05) is 12.1 Å². The topological polar surface area (TPSA) is 106 Å². The van der Waals surface area contributed by atoms with Crippen molar-refractivity contribution in [2.45, 2.75) is 36.8 Å². The van der Waals surface area contributed by atoms with Crippen molar-refractivity contribution < 1.29 is 18.3 Å². The van der Waals surface area contributed by atoms with Crippen LogP contribution >= 0.6 is 0 Å². The molecule has 8 nitrogen and oxygen atoms in total. The summed E-state index contributed by atoms with van der Waals surface area (Å²) in [5, 5.41) is 12.1. The van der Waals surface area contributed by atoms with E-state index in [1.165, 1.54) is 7.11 Å². The predicted octanol–water partition coefficient (Wildman–Crippen LogP) is 2.77. The van der Waals surface area contributed by atoms with Crippen molar-refractivity contribution in [2.24, 2.45) is 0 Å². The minimum absolute atomic E-state index is 0.104. The third-order valence-electron chi connectivity index (χ3n) is 4.59. The molecule has 0 saturated carbocycles. The fourth-order valence-corrected chi connectivity index (χ4v) is 4.18. The van der Waals surface area contributed by atoms with Gasteiger partial charge in [0.1, 0.15) is 22.1 Å². The summed E-state index contributed by atoms with van der Waals surface area (Å²) < 4.78 is 32.3. The number of nitrogens with zero attached hydrogens (tertiary/aromatic N) is 3. The Morgan fingerprint density at radius 3 is 2.66 bits per heavy atom. The Labute approximate surface area is 170 Å². The van der Waals surface area contributed by atoms with Gasteiger partial charge >= 0.3 is 0 Å². The van der Waals surface area contributed by atoms with Crippen LogP contribution in [-0.2, 0) is 9.84 Å². The Hall–Kier alpha value is -2.65. The monoisotopic (exact) mass is 418 g/mol. The molecule has 156 valence electrons. The molecular formula is C20H26N4O4S. The summed E-state index contributed by atoms with van der Waals surface area (Å²) >= 11 is 0. The van der Waals surface area contributed by atoms with Gasteiger partial charge in [0.05, 0.1) is 23.7 Å². The number of hydrogen-bond acceptors (Lipinski definition) is 7. The molecule has 0 aromatic carbocycles. The standard InChI is InChI=1S/C20H26N4O4S/c1-20(2,3)29(26,27)17-13-24-15(12-23-19(24)11-16(17)28-4)14-6-8-22-18(10-14)21-7-5-9-25/h6,8,10-13,25H,5,7,9H2,1-4H3,(H,21,22). The highest BCUT2D eigenvalue weighted by molar-refractivity contribution is 7.92. The van der Waals surface area contributed by atoms with Crippen LogP contribution in [-0.4, -0.2) is 52.9 Å². The fraction of sp³-hybridized carbons (Fsp3) is 0.400. The molecule has 0 aliphatic heterocycles. The molecule has 3 heterocycles. The highest BCUT2D eigenvalue weighted by atomic mass is 32.2. The van der Waals surface area contributed by atoms with Gasteiger partial charge in [-0.3, -0.25) is 4.40 Å². The maximum absolute atomic E-state index is 13.1. The fourth-order valence-electron chi connectivity index (χ4n) is 2.87. The number of ether oxygens (including phenoxy) is 1. The maximum atomic E-state index is 13.1. The van der Waals surface area contributed by atoms with Crippen LogP contribution < -0.4 is 10.1 Å². The second-order valence-electron chi connectivity index (χ2n) is 7.63. The number of rotatable bonds is 7. The number of methoxy groups -OCH3 is 1. The third kappa shape index (κ3) is 4.06. The van der Waals surface area contributed by atoms with Crippen molar-refractivity contribution in [2.75, 3.05) is 25.6 Å². The van der Waals surface area contributed by atoms with Gasteiger partial charge < -0.3 is 15.2 Å². The molecule has 3 aromatic heterocycles. The van der Waals surface area contributed by atoms with E-state index in [4.69, 9.17) is 9.84 Å². The molecule has 0 aliphatic rings. The van der Waals surface area contributed by atoms with Crippen molar-refractivity contribution in [1.82, 2.24) is 14.4 Å². The zero-order valence-electron chi connectivity index (χ0n) is 17.0. The van der Waals surface area contributed by atoms with Crippen LogP contribution in [0.25, 0.3) is 16.9 Å². The molecule has 3 aromatic rings. The van der Waals surface area contributed by atoms with Gasteiger partial charge in [-0.15, -0.1) is 0 Å². The lowest BCUT2D eigenvalue weighted by Crippen LogP contribution is -2.28. The van der Waals surface area contributed by atoms with Crippen molar-refractivity contribution in [1.29, 1.82) is 0 Å². The smallest absolute Gasteiger partial charge is 0.188 e. The summed E-state index contributed by atoms with van der Waals surface area (Å²) in [6.07, 6.45) is 5.55. The number of fused-ring (bicyclic) bond motifs is 1. The Kier molecular flexibility index (Phi) is 5.81. The van der Waals surface area contributed by atoms with E-state index in [0.717, 1.165) is 11.3 Å². The summed E-state index contributed by atoms with van der Waals surface area (Å²) in [5.41, 5.74) is 2.15. The summed E-state index contributed by atoms with van der Waals surface area (Å²) in [6, 6.07) is 5.33. The average Bonchev–Trinajstić information content (AvgIpc) is 3.09. The van der Waals surface area contributed by atoms with Crippen LogP contribution in [0.3, 0.4) is 0 Å². The molecule has 0 amide bonds. The molecule has 29 heavy (non-hydrogen) atoms. The van der Waals surface area contributed by atoms with Crippen molar-refractivity contribution in [3.05, 3.63) is 36.8 Å². The molecule has 9 heteroatoms. The number of sulfone groups is 1. The number of anilines is 1. The van der Waals surface area contributed by atoms with Crippen LogP contribution in [0.2, 0.25) is 0 Å². The van der Waals surface area contributed by atoms with Crippen LogP contribution in [0.15, 0.2) is 41.7 Å². The van der Waals surface area contributed by atoms with E-state index in [-0.39, 0.29) is 17.3 Å². The normalized spacial score (nSPS) is 12.3. The molecule has 0 atom stereocenters. The van der Waals surface area contributed by atoms with Gasteiger partial charge in [-0.1, -0.05) is 0 Å². The molecule has 0 bridgehead atoms. The first-order valence-electron chi connectivity index (χ1n) is 9.30. The Bertz CT molecular complexity index is 1120. The van der Waals surface area contributed by atoms with E-state index in [0.29, 0.717) is 24.4 Å². The predicted molar refractivity (Wildman–Crippen MR) is 112 cm³/mol. The second kappa shape index (κ2) is 8.00. The molecule has 0 aliphatic carbocycles. The number of imidazole rings is 1. The van der Waals surface area contributed by atoms with Crippen molar-refractivity contribution >= 4 is 21.3 Å². The maximum Gasteiger partial charge on any atom is 0.188 e. The highest BCUT2D eigenvalue weighted by Gasteiger charge is 2.34. The largest absolute Gasteiger partial charge is 0.495 e. The minimum Gasteiger partial charge on any atom is -0.495 e. The Balaban J connectivity index is 2.12. The van der Waals surface area contributed by atoms with Gasteiger partial charge in [0.15, 0.2) is 9.84 Å². The van der Waals surface area contributed by atoms with E-state index in [1.54, 1.807) is 49.8 Å². The molecule has 0 spiro atoms. The summed E-state index contributed by atoms with van der Waals surface area (Å²) in [6.45, 7) is 5.69. The third-order valence-corrected chi connectivity index (χ3v) is 7.09. The number of aliphatic hydroxyl groups is 1. The van der Waals surface area contributed by atoms with Gasteiger partial charge in [-0.05, 0) is 39.3 Å². The SMILES string of the molecule is COc1cc2ncc(-c3ccnc(NCCCO)c3)n2cc1S(=O)(=O)C(C)(C)C. The zero-order valence-corrected chi connectivity index (χ0v) is 17.8. The van der Waals surface area contributed by atoms with E-state index in [2.05, 4.69) is 15.3 Å². The Morgan fingerprint density at radius 2 is 2.00 bits per heavy atom. The minimum atomic E-state index is -3.63. The van der Waals surface area contributed by atoms with Crippen LogP contribution in [0.4, 0.5) is 5.82 Å². The summed E-state index contributed by atoms with van der Waals surface area (Å²) in [4.78, 5) is 8.81. The van der Waals surface area contributed by atoms with E-state index < -0.39 is 14.6 Å². The Morgan fingerprint density at radius 1 is 1.24 bits per heavy atom. The highest BCUT2D eigenvalue weighted by Crippen LogP contribution is 2.34. The van der Waals surface area contributed by atoms with Crippen molar-refractivity contribution in [3.8, 4) is 17.0 Å². The number of hydrogen-bond donors (Lipinski definition) is 2. The first-order chi connectivity index (χ1) is 13.7. The molecule has 0 saturated heterocycles. The molecule has 2 N–H and O–H groups in total. The lowest BCUT2D eigenvalue weighted by atomic mass is 10.2. The molecular weight excluding hydrogens is 392 g/mol. The van der Waals surface area contributed by atoms with Gasteiger partial charge in [-0.2, -0.15) is 0 Å².